The van der Waals surface area contributed by atoms with Crippen molar-refractivity contribution in [3.05, 3.63) is 85.0 Å². The number of hydrogen-bond acceptors (Lipinski definition) is 2. The lowest BCUT2D eigenvalue weighted by Crippen LogP contribution is -2.50. The molecule has 1 aliphatic carbocycles. The van der Waals surface area contributed by atoms with Crippen molar-refractivity contribution in [1.82, 2.24) is 0 Å². The topological polar surface area (TPSA) is 26.3 Å². The highest BCUT2D eigenvalue weighted by atomic mass is 31.2. The van der Waals surface area contributed by atoms with Crippen LogP contribution in [0.2, 0.25) is 17.6 Å². The van der Waals surface area contributed by atoms with E-state index in [-0.39, 0.29) is 16.6 Å². The fourth-order valence-electron chi connectivity index (χ4n) is 5.28. The van der Waals surface area contributed by atoms with Gasteiger partial charge in [0.25, 0.3) is 0 Å². The van der Waals surface area contributed by atoms with Gasteiger partial charge in [-0.05, 0) is 42.8 Å². The van der Waals surface area contributed by atoms with Crippen molar-refractivity contribution >= 4 is 26.1 Å². The third-order valence-corrected chi connectivity index (χ3v) is 16.1. The molecule has 190 valence electrons. The molecule has 2 aromatic carbocycles. The molecule has 0 heterocycles. The molecule has 1 saturated carbocycles. The lowest BCUT2D eigenvalue weighted by molar-refractivity contribution is 0.176. The highest BCUT2D eigenvalue weighted by Gasteiger charge is 2.47. The molecule has 2 unspecified atom stereocenters. The minimum atomic E-state index is -2.78. The first-order chi connectivity index (χ1) is 16.4. The maximum Gasteiger partial charge on any atom is 0.200 e. The van der Waals surface area contributed by atoms with Crippen molar-refractivity contribution in [2.75, 3.05) is 6.16 Å². The predicted molar refractivity (Wildman–Crippen MR) is 156 cm³/mol. The highest BCUT2D eigenvalue weighted by Crippen LogP contribution is 2.48. The van der Waals surface area contributed by atoms with Gasteiger partial charge in [0.05, 0.1) is 6.10 Å². The van der Waals surface area contributed by atoms with Crippen LogP contribution in [0.15, 0.2) is 85.0 Å². The Balaban J connectivity index is 1.96. The minimum absolute atomic E-state index is 0.0355. The van der Waals surface area contributed by atoms with E-state index in [2.05, 4.69) is 59.9 Å². The van der Waals surface area contributed by atoms with E-state index >= 15 is 0 Å². The average Bonchev–Trinajstić information content (AvgIpc) is 2.83. The number of benzene rings is 2. The van der Waals surface area contributed by atoms with Gasteiger partial charge in [-0.2, -0.15) is 0 Å². The fourth-order valence-corrected chi connectivity index (χ4v) is 12.0. The maximum atomic E-state index is 14.6. The van der Waals surface area contributed by atoms with Gasteiger partial charge >= 0.3 is 0 Å². The van der Waals surface area contributed by atoms with Gasteiger partial charge < -0.3 is 8.99 Å². The normalized spacial score (nSPS) is 20.4. The van der Waals surface area contributed by atoms with Crippen LogP contribution in [0.5, 0.6) is 0 Å². The zero-order valence-corrected chi connectivity index (χ0v) is 24.6. The molecule has 2 aromatic rings. The summed E-state index contributed by atoms with van der Waals surface area (Å²) < 4.78 is 21.8. The van der Waals surface area contributed by atoms with Crippen molar-refractivity contribution in [3.8, 4) is 0 Å². The molecular formula is C31H45O2PSi. The van der Waals surface area contributed by atoms with Crippen LogP contribution in [0.4, 0.5) is 0 Å². The van der Waals surface area contributed by atoms with Gasteiger partial charge in [-0.3, -0.25) is 0 Å². The molecule has 3 rings (SSSR count). The maximum absolute atomic E-state index is 14.6. The average molecular weight is 509 g/mol. The number of hydrogen-bond donors (Lipinski definition) is 0. The van der Waals surface area contributed by atoms with E-state index < -0.39 is 15.5 Å². The third kappa shape index (κ3) is 6.76. The molecular weight excluding hydrogens is 463 g/mol. The second-order valence-corrected chi connectivity index (χ2v) is 19.3. The predicted octanol–water partition coefficient (Wildman–Crippen LogP) is 8.47. The fraction of sp³-hybridized carbons (Fsp3) is 0.484. The Morgan fingerprint density at radius 2 is 1.51 bits per heavy atom. The lowest BCUT2D eigenvalue weighted by Gasteiger charge is -2.46. The van der Waals surface area contributed by atoms with E-state index in [0.717, 1.165) is 29.5 Å². The van der Waals surface area contributed by atoms with Gasteiger partial charge in [0.1, 0.15) is 7.14 Å². The van der Waals surface area contributed by atoms with Gasteiger partial charge in [0.15, 0.2) is 8.32 Å². The highest BCUT2D eigenvalue weighted by molar-refractivity contribution is 7.78. The molecule has 0 aliphatic heterocycles. The van der Waals surface area contributed by atoms with Gasteiger partial charge in [0.2, 0.25) is 0 Å². The zero-order valence-electron chi connectivity index (χ0n) is 22.7. The van der Waals surface area contributed by atoms with E-state index in [1.807, 2.05) is 60.7 Å². The zero-order chi connectivity index (χ0) is 25.7. The molecule has 0 bridgehead atoms. The summed E-state index contributed by atoms with van der Waals surface area (Å²) in [7, 11) is -4.95. The van der Waals surface area contributed by atoms with E-state index in [1.54, 1.807) is 0 Å². The molecule has 0 aromatic heterocycles. The summed E-state index contributed by atoms with van der Waals surface area (Å²) in [5, 5.41) is 1.82. The Morgan fingerprint density at radius 3 is 2.00 bits per heavy atom. The van der Waals surface area contributed by atoms with Gasteiger partial charge in [-0.25, -0.2) is 0 Å². The van der Waals surface area contributed by atoms with Crippen molar-refractivity contribution in [3.63, 3.8) is 0 Å². The van der Waals surface area contributed by atoms with Crippen LogP contribution in [0.3, 0.4) is 0 Å². The standard InChI is InChI=1S/C31H45O2PSi/c1-8-31(5,6)35(7,25-30(2,3)4)33-29-22-16-15-17-26(29)23-24-34(32,27-18-11-9-12-19-27)28-20-13-10-14-21-28/h8-14,18-21,23,29H,1,15-17,22,24-25H2,2-7H3/b26-23-. The Hall–Kier alpha value is -1.67. The SMILES string of the molecule is C=CC(C)(C)[Si](C)(CC(C)(C)C)OC1CCCC/C1=C/CP(=O)(c1ccccc1)c1ccccc1. The Kier molecular flexibility index (Phi) is 8.90. The van der Waals surface area contributed by atoms with Crippen LogP contribution in [-0.4, -0.2) is 20.6 Å². The number of allylic oxidation sites excluding steroid dienone is 2. The largest absolute Gasteiger partial charge is 0.410 e. The monoisotopic (exact) mass is 508 g/mol. The van der Waals surface area contributed by atoms with Crippen LogP contribution >= 0.6 is 7.14 Å². The summed E-state index contributed by atoms with van der Waals surface area (Å²) in [6.45, 7) is 18.1. The molecule has 4 heteroatoms. The summed E-state index contributed by atoms with van der Waals surface area (Å²) >= 11 is 0. The van der Waals surface area contributed by atoms with Crippen LogP contribution in [0.25, 0.3) is 0 Å². The van der Waals surface area contributed by atoms with Crippen molar-refractivity contribution < 1.29 is 8.99 Å². The molecule has 1 aliphatic rings. The van der Waals surface area contributed by atoms with E-state index in [0.29, 0.717) is 6.16 Å². The second-order valence-electron chi connectivity index (χ2n) is 12.1. The lowest BCUT2D eigenvalue weighted by atomic mass is 9.92. The summed E-state index contributed by atoms with van der Waals surface area (Å²) in [6, 6.07) is 21.1. The summed E-state index contributed by atoms with van der Waals surface area (Å²) in [4.78, 5) is 0. The molecule has 0 N–H and O–H groups in total. The molecule has 2 atom stereocenters. The van der Waals surface area contributed by atoms with Crippen molar-refractivity contribution in [1.29, 1.82) is 0 Å². The van der Waals surface area contributed by atoms with Gasteiger partial charge in [-0.1, -0.05) is 114 Å². The molecule has 0 spiro atoms. The molecule has 1 fully saturated rings. The van der Waals surface area contributed by atoms with E-state index in [4.69, 9.17) is 4.43 Å². The van der Waals surface area contributed by atoms with Crippen LogP contribution in [0, 0.1) is 5.41 Å². The molecule has 2 nitrogen and oxygen atoms in total. The van der Waals surface area contributed by atoms with E-state index in [9.17, 15) is 4.57 Å². The summed E-state index contributed by atoms with van der Waals surface area (Å²) in [5.41, 5.74) is 1.53. The Morgan fingerprint density at radius 1 is 0.971 bits per heavy atom. The molecule has 0 radical (unpaired) electrons. The summed E-state index contributed by atoms with van der Waals surface area (Å²) in [5.74, 6) is 0. The second kappa shape index (κ2) is 11.2. The van der Waals surface area contributed by atoms with Crippen molar-refractivity contribution in [2.24, 2.45) is 5.41 Å². The first kappa shape index (κ1) is 27.9. The van der Waals surface area contributed by atoms with Crippen molar-refractivity contribution in [2.45, 2.75) is 84.0 Å². The molecule has 0 saturated heterocycles. The van der Waals surface area contributed by atoms with Gasteiger partial charge in [0, 0.05) is 21.8 Å². The number of rotatable bonds is 9. The first-order valence-electron chi connectivity index (χ1n) is 13.1. The molecule has 0 amide bonds. The smallest absolute Gasteiger partial charge is 0.200 e. The summed E-state index contributed by atoms with van der Waals surface area (Å²) in [6.07, 6.45) is 9.48. The van der Waals surface area contributed by atoms with Crippen LogP contribution < -0.4 is 10.6 Å². The minimum Gasteiger partial charge on any atom is -0.410 e. The first-order valence-corrected chi connectivity index (χ1v) is 17.6. The third-order valence-electron chi connectivity index (χ3n) is 7.70. The Bertz CT molecular complexity index is 1010. The quantitative estimate of drug-likeness (QED) is 0.193. The van der Waals surface area contributed by atoms with Gasteiger partial charge in [-0.15, -0.1) is 6.58 Å². The van der Waals surface area contributed by atoms with E-state index in [1.165, 1.54) is 18.4 Å². The van der Waals surface area contributed by atoms with Crippen LogP contribution in [-0.2, 0) is 8.99 Å². The molecule has 35 heavy (non-hydrogen) atoms. The van der Waals surface area contributed by atoms with Crippen LogP contribution in [0.1, 0.15) is 60.3 Å². The Labute approximate surface area is 215 Å².